The second-order valence-electron chi connectivity index (χ2n) is 7.86. The second kappa shape index (κ2) is 7.39. The largest absolute Gasteiger partial charge is 0.397 e. The average Bonchev–Trinajstić information content (AvgIpc) is 3.55. The summed E-state index contributed by atoms with van der Waals surface area (Å²) in [5.74, 6) is 0.0796. The van der Waals surface area contributed by atoms with Gasteiger partial charge in [-0.05, 0) is 43.3 Å². The minimum atomic E-state index is 0.0796. The molecular weight excluding hydrogens is 432 g/mol. The standard InChI is InChI=1S/C25H18N6OS/c1-13(32)23-5-6-24(33-23)16-3-2-4-19-17(16)8-21(29-19)25-18-9-20(28-12-22(18)30-31-25)14-7-15(26)11-27-10-14/h2-12,29H,26H2,1H3,(H,30,31). The number of hydrogen-bond acceptors (Lipinski definition) is 6. The Hall–Kier alpha value is -4.30. The lowest BCUT2D eigenvalue weighted by Gasteiger charge is -2.02. The third-order valence-corrected chi connectivity index (χ3v) is 6.86. The van der Waals surface area contributed by atoms with Crippen molar-refractivity contribution in [1.29, 1.82) is 0 Å². The van der Waals surface area contributed by atoms with Crippen molar-refractivity contribution in [2.75, 3.05) is 5.73 Å². The summed E-state index contributed by atoms with van der Waals surface area (Å²) in [6.45, 7) is 1.59. The molecule has 0 aliphatic heterocycles. The number of nitrogen functional groups attached to an aromatic ring is 1. The van der Waals surface area contributed by atoms with E-state index in [4.69, 9.17) is 5.73 Å². The number of Topliss-reactive ketones (excluding diaryl/α,β-unsaturated/α-hetero) is 1. The van der Waals surface area contributed by atoms with Crippen LogP contribution in [0.25, 0.3) is 54.9 Å². The predicted molar refractivity (Wildman–Crippen MR) is 132 cm³/mol. The number of nitrogens with two attached hydrogens (primary N) is 1. The minimum Gasteiger partial charge on any atom is -0.397 e. The third kappa shape index (κ3) is 3.28. The molecule has 4 N–H and O–H groups in total. The summed E-state index contributed by atoms with van der Waals surface area (Å²) in [5, 5.41) is 9.67. The molecule has 5 aromatic heterocycles. The molecule has 0 unspecified atom stereocenters. The van der Waals surface area contributed by atoms with E-state index in [1.807, 2.05) is 36.4 Å². The summed E-state index contributed by atoms with van der Waals surface area (Å²) in [5.41, 5.74) is 12.8. The molecule has 6 aromatic rings. The Morgan fingerprint density at radius 2 is 1.91 bits per heavy atom. The van der Waals surface area contributed by atoms with Gasteiger partial charge >= 0.3 is 0 Å². The number of rotatable bonds is 4. The molecule has 0 fully saturated rings. The van der Waals surface area contributed by atoms with Crippen LogP contribution in [0.2, 0.25) is 0 Å². The highest BCUT2D eigenvalue weighted by Gasteiger charge is 2.16. The van der Waals surface area contributed by atoms with Gasteiger partial charge < -0.3 is 10.7 Å². The molecule has 1 aromatic carbocycles. The first-order valence-electron chi connectivity index (χ1n) is 10.3. The van der Waals surface area contributed by atoms with Crippen LogP contribution in [0.1, 0.15) is 16.6 Å². The summed E-state index contributed by atoms with van der Waals surface area (Å²) in [7, 11) is 0. The Morgan fingerprint density at radius 3 is 2.73 bits per heavy atom. The number of aromatic nitrogens is 5. The van der Waals surface area contributed by atoms with Gasteiger partial charge in [0, 0.05) is 44.7 Å². The molecule has 33 heavy (non-hydrogen) atoms. The molecule has 0 saturated carbocycles. The molecule has 0 spiro atoms. The monoisotopic (exact) mass is 450 g/mol. The zero-order valence-corrected chi connectivity index (χ0v) is 18.4. The maximum Gasteiger partial charge on any atom is 0.169 e. The number of thiophene rings is 1. The van der Waals surface area contributed by atoms with Gasteiger partial charge in [0.2, 0.25) is 0 Å². The van der Waals surface area contributed by atoms with Crippen molar-refractivity contribution in [2.24, 2.45) is 0 Å². The Bertz CT molecular complexity index is 1680. The molecule has 0 atom stereocenters. The van der Waals surface area contributed by atoms with Crippen molar-refractivity contribution >= 4 is 44.6 Å². The van der Waals surface area contributed by atoms with Gasteiger partial charge in [-0.15, -0.1) is 11.3 Å². The zero-order valence-electron chi connectivity index (χ0n) is 17.6. The molecule has 160 valence electrons. The van der Waals surface area contributed by atoms with Crippen molar-refractivity contribution < 1.29 is 4.79 Å². The number of carbonyl (C=O) groups excluding carboxylic acids is 1. The van der Waals surface area contributed by atoms with Gasteiger partial charge in [0.15, 0.2) is 5.78 Å². The average molecular weight is 451 g/mol. The van der Waals surface area contributed by atoms with Gasteiger partial charge in [-0.2, -0.15) is 5.10 Å². The van der Waals surface area contributed by atoms with E-state index >= 15 is 0 Å². The highest BCUT2D eigenvalue weighted by molar-refractivity contribution is 7.17. The lowest BCUT2D eigenvalue weighted by atomic mass is 10.1. The molecule has 0 aliphatic rings. The number of H-pyrrole nitrogens is 2. The van der Waals surface area contributed by atoms with Crippen molar-refractivity contribution in [1.82, 2.24) is 25.1 Å². The number of anilines is 1. The molecule has 0 aliphatic carbocycles. The summed E-state index contributed by atoms with van der Waals surface area (Å²) in [6.07, 6.45) is 5.13. The number of benzene rings is 1. The molecular formula is C25H18N6OS. The summed E-state index contributed by atoms with van der Waals surface area (Å²) < 4.78 is 0. The topological polar surface area (TPSA) is 113 Å². The molecule has 0 radical (unpaired) electrons. The maximum absolute atomic E-state index is 11.8. The third-order valence-electron chi connectivity index (χ3n) is 5.64. The highest BCUT2D eigenvalue weighted by atomic mass is 32.1. The molecule has 0 bridgehead atoms. The van der Waals surface area contributed by atoms with E-state index < -0.39 is 0 Å². The van der Waals surface area contributed by atoms with E-state index in [0.717, 1.165) is 59.8 Å². The summed E-state index contributed by atoms with van der Waals surface area (Å²) in [4.78, 5) is 25.8. The lowest BCUT2D eigenvalue weighted by Crippen LogP contribution is -1.89. The van der Waals surface area contributed by atoms with Crippen LogP contribution < -0.4 is 5.73 Å². The number of carbonyl (C=O) groups is 1. The fourth-order valence-corrected chi connectivity index (χ4v) is 4.99. The Labute approximate surface area is 192 Å². The van der Waals surface area contributed by atoms with Gasteiger partial charge in [0.1, 0.15) is 5.69 Å². The van der Waals surface area contributed by atoms with Gasteiger partial charge in [-0.3, -0.25) is 19.9 Å². The van der Waals surface area contributed by atoms with Crippen LogP contribution in [0, 0.1) is 0 Å². The van der Waals surface area contributed by atoms with Gasteiger partial charge in [0.05, 0.1) is 33.7 Å². The fourth-order valence-electron chi connectivity index (χ4n) is 4.05. The minimum absolute atomic E-state index is 0.0796. The van der Waals surface area contributed by atoms with E-state index in [0.29, 0.717) is 5.69 Å². The van der Waals surface area contributed by atoms with E-state index in [1.165, 1.54) is 11.3 Å². The zero-order chi connectivity index (χ0) is 22.5. The van der Waals surface area contributed by atoms with Crippen LogP contribution in [0.3, 0.4) is 0 Å². The predicted octanol–water partition coefficient (Wildman–Crippen LogP) is 5.68. The van der Waals surface area contributed by atoms with Gasteiger partial charge in [-0.1, -0.05) is 12.1 Å². The Kier molecular flexibility index (Phi) is 4.34. The number of aromatic amines is 2. The first kappa shape index (κ1) is 19.4. The summed E-state index contributed by atoms with van der Waals surface area (Å²) in [6, 6.07) is 16.0. The summed E-state index contributed by atoms with van der Waals surface area (Å²) >= 11 is 1.51. The molecule has 6 rings (SSSR count). The van der Waals surface area contributed by atoms with Crippen LogP contribution in [0.4, 0.5) is 5.69 Å². The van der Waals surface area contributed by atoms with E-state index in [-0.39, 0.29) is 5.78 Å². The molecule has 7 nitrogen and oxygen atoms in total. The van der Waals surface area contributed by atoms with Crippen molar-refractivity contribution in [2.45, 2.75) is 6.92 Å². The van der Waals surface area contributed by atoms with E-state index in [1.54, 1.807) is 25.5 Å². The van der Waals surface area contributed by atoms with Crippen LogP contribution >= 0.6 is 11.3 Å². The number of fused-ring (bicyclic) bond motifs is 2. The van der Waals surface area contributed by atoms with Gasteiger partial charge in [0.25, 0.3) is 0 Å². The number of hydrogen-bond donors (Lipinski definition) is 3. The molecule has 5 heterocycles. The van der Waals surface area contributed by atoms with E-state index in [2.05, 4.69) is 37.3 Å². The molecule has 0 amide bonds. The van der Waals surface area contributed by atoms with Crippen LogP contribution in [-0.2, 0) is 0 Å². The highest BCUT2D eigenvalue weighted by Crippen LogP contribution is 2.37. The van der Waals surface area contributed by atoms with Crippen LogP contribution in [-0.4, -0.2) is 30.9 Å². The molecule has 8 heteroatoms. The Morgan fingerprint density at radius 1 is 1.00 bits per heavy atom. The van der Waals surface area contributed by atoms with E-state index in [9.17, 15) is 4.79 Å². The SMILES string of the molecule is CC(=O)c1ccc(-c2cccc3[nH]c(-c4n[nH]c5cnc(-c6cncc(N)c6)cc45)cc23)s1. The maximum atomic E-state index is 11.8. The van der Waals surface area contributed by atoms with Crippen molar-refractivity contribution in [3.63, 3.8) is 0 Å². The smallest absolute Gasteiger partial charge is 0.169 e. The van der Waals surface area contributed by atoms with Crippen molar-refractivity contribution in [3.8, 4) is 33.1 Å². The number of nitrogens with one attached hydrogen (secondary N) is 2. The first-order valence-corrected chi connectivity index (χ1v) is 11.2. The fraction of sp³-hybridized carbons (Fsp3) is 0.0400. The Balaban J connectivity index is 1.48. The lowest BCUT2D eigenvalue weighted by molar-refractivity contribution is 0.102. The quantitative estimate of drug-likeness (QED) is 0.299. The normalized spacial score (nSPS) is 11.4. The number of ketones is 1. The first-order chi connectivity index (χ1) is 16.1. The van der Waals surface area contributed by atoms with Crippen molar-refractivity contribution in [3.05, 3.63) is 72.0 Å². The number of nitrogens with zero attached hydrogens (tertiary/aromatic N) is 3. The second-order valence-corrected chi connectivity index (χ2v) is 8.95. The van der Waals surface area contributed by atoms with Crippen LogP contribution in [0.15, 0.2) is 67.1 Å². The van der Waals surface area contributed by atoms with Gasteiger partial charge in [-0.25, -0.2) is 0 Å². The number of pyridine rings is 2. The molecule has 0 saturated heterocycles. The van der Waals surface area contributed by atoms with Crippen LogP contribution in [0.5, 0.6) is 0 Å².